The van der Waals surface area contributed by atoms with Crippen LogP contribution in [0.25, 0.3) is 0 Å². The summed E-state index contributed by atoms with van der Waals surface area (Å²) in [7, 11) is -3.82. The number of hydrogen-bond donors (Lipinski definition) is 1. The maximum atomic E-state index is 13.9. The predicted octanol–water partition coefficient (Wildman–Crippen LogP) is 3.88. The van der Waals surface area contributed by atoms with Gasteiger partial charge in [-0.05, 0) is 43.7 Å². The fourth-order valence-electron chi connectivity index (χ4n) is 3.30. The smallest absolute Gasteiger partial charge is 0.264 e. The lowest BCUT2D eigenvalue weighted by molar-refractivity contribution is 0.417. The lowest BCUT2D eigenvalue weighted by Crippen LogP contribution is -2.25. The summed E-state index contributed by atoms with van der Waals surface area (Å²) in [6.07, 6.45) is 6.66. The molecule has 1 N–H and O–H groups in total. The average Bonchev–Trinajstić information content (AvgIpc) is 2.72. The first-order valence-electron chi connectivity index (χ1n) is 8.40. The Morgan fingerprint density at radius 3 is 2.65 bits per heavy atom. The molecule has 2 rings (SSSR count). The Hall–Kier alpha value is -1.14. The molecule has 1 aromatic rings. The maximum absolute atomic E-state index is 13.9. The lowest BCUT2D eigenvalue weighted by Gasteiger charge is -2.23. The van der Waals surface area contributed by atoms with Gasteiger partial charge in [-0.3, -0.25) is 4.55 Å². The van der Waals surface area contributed by atoms with Crippen LogP contribution in [0.15, 0.2) is 24.3 Å². The molecule has 4 nitrogen and oxygen atoms in total. The third kappa shape index (κ3) is 6.47. The molecule has 0 aliphatic carbocycles. The Labute approximate surface area is 138 Å². The van der Waals surface area contributed by atoms with Gasteiger partial charge in [0.05, 0.1) is 11.4 Å². The van der Waals surface area contributed by atoms with Gasteiger partial charge in [-0.25, -0.2) is 4.39 Å². The minimum atomic E-state index is -3.82. The van der Waals surface area contributed by atoms with Crippen LogP contribution in [0.3, 0.4) is 0 Å². The number of anilines is 1. The van der Waals surface area contributed by atoms with Crippen LogP contribution in [0.4, 0.5) is 10.1 Å². The highest BCUT2D eigenvalue weighted by Crippen LogP contribution is 2.27. The molecule has 0 spiro atoms. The molecule has 1 aliphatic rings. The van der Waals surface area contributed by atoms with Crippen molar-refractivity contribution < 1.29 is 17.4 Å². The number of para-hydroxylation sites is 1. The summed E-state index contributed by atoms with van der Waals surface area (Å²) in [5.74, 6) is 0.326. The lowest BCUT2D eigenvalue weighted by atomic mass is 9.94. The van der Waals surface area contributed by atoms with Crippen LogP contribution in [-0.2, 0) is 10.1 Å². The van der Waals surface area contributed by atoms with Crippen molar-refractivity contribution in [2.45, 2.75) is 44.9 Å². The number of benzene rings is 1. The second-order valence-electron chi connectivity index (χ2n) is 6.37. The van der Waals surface area contributed by atoms with E-state index in [0.29, 0.717) is 18.0 Å². The molecule has 1 unspecified atom stereocenters. The first-order chi connectivity index (χ1) is 11.0. The summed E-state index contributed by atoms with van der Waals surface area (Å²) < 4.78 is 43.9. The molecule has 0 amide bonds. The van der Waals surface area contributed by atoms with Crippen molar-refractivity contribution in [3.05, 3.63) is 30.1 Å². The molecule has 1 atom stereocenters. The number of nitrogens with zero attached hydrogens (tertiary/aromatic N) is 1. The van der Waals surface area contributed by atoms with Gasteiger partial charge >= 0.3 is 0 Å². The Morgan fingerprint density at radius 2 is 1.91 bits per heavy atom. The molecule has 0 bridgehead atoms. The van der Waals surface area contributed by atoms with Gasteiger partial charge in [-0.1, -0.05) is 31.4 Å². The van der Waals surface area contributed by atoms with Gasteiger partial charge in [0.15, 0.2) is 0 Å². The second kappa shape index (κ2) is 8.64. The largest absolute Gasteiger partial charge is 0.369 e. The van der Waals surface area contributed by atoms with E-state index in [0.717, 1.165) is 51.6 Å². The third-order valence-corrected chi connectivity index (χ3v) is 5.36. The molecular weight excluding hydrogens is 317 g/mol. The molecule has 23 heavy (non-hydrogen) atoms. The van der Waals surface area contributed by atoms with Crippen LogP contribution < -0.4 is 4.90 Å². The zero-order valence-electron chi connectivity index (χ0n) is 13.5. The number of halogens is 1. The topological polar surface area (TPSA) is 57.6 Å². The van der Waals surface area contributed by atoms with Crippen molar-refractivity contribution in [2.75, 3.05) is 23.7 Å². The van der Waals surface area contributed by atoms with Crippen LogP contribution in [0.2, 0.25) is 0 Å². The Bertz CT molecular complexity index is 591. The normalized spacial score (nSPS) is 19.6. The molecule has 130 valence electrons. The summed E-state index contributed by atoms with van der Waals surface area (Å²) in [4.78, 5) is 2.13. The second-order valence-corrected chi connectivity index (χ2v) is 7.94. The Morgan fingerprint density at radius 1 is 1.13 bits per heavy atom. The van der Waals surface area contributed by atoms with Crippen LogP contribution >= 0.6 is 0 Å². The van der Waals surface area contributed by atoms with E-state index in [1.165, 1.54) is 6.07 Å². The monoisotopic (exact) mass is 343 g/mol. The molecule has 1 saturated heterocycles. The van der Waals surface area contributed by atoms with Gasteiger partial charge in [0, 0.05) is 13.1 Å². The zero-order valence-corrected chi connectivity index (χ0v) is 14.3. The van der Waals surface area contributed by atoms with Crippen molar-refractivity contribution in [1.82, 2.24) is 0 Å². The van der Waals surface area contributed by atoms with Crippen LogP contribution in [-0.4, -0.2) is 31.8 Å². The van der Waals surface area contributed by atoms with Gasteiger partial charge in [0.2, 0.25) is 0 Å². The van der Waals surface area contributed by atoms with Crippen molar-refractivity contribution in [2.24, 2.45) is 5.92 Å². The minimum Gasteiger partial charge on any atom is -0.369 e. The van der Waals surface area contributed by atoms with Gasteiger partial charge in [-0.2, -0.15) is 8.42 Å². The van der Waals surface area contributed by atoms with E-state index < -0.39 is 10.1 Å². The highest BCUT2D eigenvalue weighted by Gasteiger charge is 2.18. The summed E-state index contributed by atoms with van der Waals surface area (Å²) >= 11 is 0. The Kier molecular flexibility index (Phi) is 6.84. The number of unbranched alkanes of at least 4 members (excludes halogenated alkanes) is 2. The fraction of sp³-hybridized carbons (Fsp3) is 0.647. The van der Waals surface area contributed by atoms with E-state index in [1.54, 1.807) is 6.07 Å². The van der Waals surface area contributed by atoms with E-state index in [4.69, 9.17) is 4.55 Å². The van der Waals surface area contributed by atoms with Crippen LogP contribution in [0.5, 0.6) is 0 Å². The van der Waals surface area contributed by atoms with Crippen molar-refractivity contribution >= 4 is 15.8 Å². The molecular formula is C17H26FNO3S. The van der Waals surface area contributed by atoms with Gasteiger partial charge in [-0.15, -0.1) is 0 Å². The fourth-order valence-corrected chi connectivity index (χ4v) is 3.87. The molecule has 0 saturated carbocycles. The SMILES string of the molecule is O=S(=O)(O)CCCCCC1CCCN(c2ccccc2F)CC1. The van der Waals surface area contributed by atoms with Crippen molar-refractivity contribution in [3.8, 4) is 0 Å². The van der Waals surface area contributed by atoms with Crippen LogP contribution in [0.1, 0.15) is 44.9 Å². The summed E-state index contributed by atoms with van der Waals surface area (Å²) in [6.45, 7) is 1.76. The van der Waals surface area contributed by atoms with Crippen molar-refractivity contribution in [1.29, 1.82) is 0 Å². The molecule has 1 aliphatic heterocycles. The standard InChI is InChI=1S/C17H26FNO3S/c18-16-9-3-4-10-17(16)19-12-6-8-15(11-13-19)7-2-1-5-14-23(20,21)22/h3-4,9-10,15H,1-2,5-8,11-14H2,(H,20,21,22). The Balaban J connectivity index is 1.73. The number of hydrogen-bond acceptors (Lipinski definition) is 3. The maximum Gasteiger partial charge on any atom is 0.264 e. The molecule has 1 fully saturated rings. The highest BCUT2D eigenvalue weighted by molar-refractivity contribution is 7.85. The highest BCUT2D eigenvalue weighted by atomic mass is 32.2. The third-order valence-electron chi connectivity index (χ3n) is 4.56. The molecule has 1 heterocycles. The quantitative estimate of drug-likeness (QED) is 0.603. The van der Waals surface area contributed by atoms with E-state index in [1.807, 2.05) is 12.1 Å². The molecule has 1 aromatic carbocycles. The van der Waals surface area contributed by atoms with Crippen molar-refractivity contribution in [3.63, 3.8) is 0 Å². The summed E-state index contributed by atoms with van der Waals surface area (Å²) in [5.41, 5.74) is 0.696. The van der Waals surface area contributed by atoms with E-state index in [9.17, 15) is 12.8 Å². The first-order valence-corrected chi connectivity index (χ1v) is 10.0. The van der Waals surface area contributed by atoms with E-state index >= 15 is 0 Å². The van der Waals surface area contributed by atoms with Gasteiger partial charge in [0.1, 0.15) is 5.82 Å². The van der Waals surface area contributed by atoms with E-state index in [2.05, 4.69) is 4.90 Å². The average molecular weight is 343 g/mol. The predicted molar refractivity (Wildman–Crippen MR) is 90.8 cm³/mol. The van der Waals surface area contributed by atoms with Gasteiger partial charge < -0.3 is 4.90 Å². The zero-order chi connectivity index (χ0) is 16.7. The minimum absolute atomic E-state index is 0.140. The van der Waals surface area contributed by atoms with Crippen LogP contribution in [0, 0.1) is 11.7 Å². The van der Waals surface area contributed by atoms with Gasteiger partial charge in [0.25, 0.3) is 10.1 Å². The first kappa shape index (κ1) is 18.2. The molecule has 0 aromatic heterocycles. The summed E-state index contributed by atoms with van der Waals surface area (Å²) in [5, 5.41) is 0. The molecule has 6 heteroatoms. The number of rotatable bonds is 7. The summed E-state index contributed by atoms with van der Waals surface area (Å²) in [6, 6.07) is 6.93. The van der Waals surface area contributed by atoms with E-state index in [-0.39, 0.29) is 11.6 Å². The molecule has 0 radical (unpaired) electrons.